The third-order valence-corrected chi connectivity index (χ3v) is 8.01. The highest BCUT2D eigenvalue weighted by molar-refractivity contribution is 6.32. The number of hydrogen-bond donors (Lipinski definition) is 1. The van der Waals surface area contributed by atoms with Crippen molar-refractivity contribution in [1.82, 2.24) is 9.88 Å². The molecule has 0 spiro atoms. The van der Waals surface area contributed by atoms with Gasteiger partial charge in [0, 0.05) is 28.7 Å². The minimum absolute atomic E-state index is 0.0829. The molecule has 41 heavy (non-hydrogen) atoms. The van der Waals surface area contributed by atoms with Crippen LogP contribution in [0.5, 0.6) is 5.75 Å². The normalized spacial score (nSPS) is 13.1. The maximum absolute atomic E-state index is 13.2. The highest BCUT2D eigenvalue weighted by Gasteiger charge is 2.19. The molecule has 0 bridgehead atoms. The van der Waals surface area contributed by atoms with Gasteiger partial charge in [0.25, 0.3) is 5.91 Å². The van der Waals surface area contributed by atoms with Crippen molar-refractivity contribution in [2.24, 2.45) is 0 Å². The topological polar surface area (TPSA) is 69.6 Å². The van der Waals surface area contributed by atoms with Gasteiger partial charge in [0.1, 0.15) is 5.75 Å². The molecule has 0 aliphatic carbocycles. The van der Waals surface area contributed by atoms with Gasteiger partial charge in [-0.3, -0.25) is 4.79 Å². The van der Waals surface area contributed by atoms with Crippen LogP contribution in [0.25, 0.3) is 10.9 Å². The smallest absolute Gasteiger partial charge is 0.346 e. The Kier molecular flexibility index (Phi) is 8.83. The van der Waals surface area contributed by atoms with E-state index < -0.39 is 12.1 Å². The lowest BCUT2D eigenvalue weighted by atomic mass is 9.86. The molecular formula is C34H39ClN2O4. The molecule has 1 unspecified atom stereocenters. The van der Waals surface area contributed by atoms with Crippen LogP contribution in [-0.2, 0) is 21.5 Å². The SMILES string of the molecule is COC(=O)C(C)Oc1cc(Cn2c(C)c(C)c3cc(C(=O)N[C@@H](C)c4ccc(C(C)(C)C)cc4)ccc32)ccc1Cl. The van der Waals surface area contributed by atoms with Crippen LogP contribution in [0, 0.1) is 13.8 Å². The molecule has 3 aromatic carbocycles. The van der Waals surface area contributed by atoms with Crippen molar-refractivity contribution in [2.75, 3.05) is 7.11 Å². The van der Waals surface area contributed by atoms with Crippen LogP contribution >= 0.6 is 11.6 Å². The summed E-state index contributed by atoms with van der Waals surface area (Å²) in [7, 11) is 1.32. The summed E-state index contributed by atoms with van der Waals surface area (Å²) in [4.78, 5) is 25.1. The number of carbonyl (C=O) groups excluding carboxylic acids is 2. The van der Waals surface area contributed by atoms with E-state index in [2.05, 4.69) is 68.8 Å². The minimum atomic E-state index is -0.778. The van der Waals surface area contributed by atoms with Gasteiger partial charge in [-0.25, -0.2) is 4.79 Å². The van der Waals surface area contributed by atoms with Crippen LogP contribution < -0.4 is 10.1 Å². The van der Waals surface area contributed by atoms with E-state index in [-0.39, 0.29) is 17.4 Å². The Labute approximate surface area is 247 Å². The summed E-state index contributed by atoms with van der Waals surface area (Å²) in [6.45, 7) is 14.9. The lowest BCUT2D eigenvalue weighted by molar-refractivity contribution is -0.147. The highest BCUT2D eigenvalue weighted by Crippen LogP contribution is 2.31. The molecule has 1 heterocycles. The number of aryl methyl sites for hydroxylation is 1. The van der Waals surface area contributed by atoms with E-state index in [9.17, 15) is 9.59 Å². The largest absolute Gasteiger partial charge is 0.477 e. The van der Waals surface area contributed by atoms with E-state index in [1.54, 1.807) is 13.0 Å². The number of nitrogens with one attached hydrogen (secondary N) is 1. The molecule has 0 fully saturated rings. The Hall–Kier alpha value is -3.77. The first-order chi connectivity index (χ1) is 19.3. The number of methoxy groups -OCH3 is 1. The third-order valence-electron chi connectivity index (χ3n) is 7.70. The molecule has 1 amide bonds. The molecule has 0 aliphatic rings. The van der Waals surface area contributed by atoms with Gasteiger partial charge in [-0.2, -0.15) is 0 Å². The zero-order chi connectivity index (χ0) is 30.1. The first kappa shape index (κ1) is 30.2. The Morgan fingerprint density at radius 3 is 2.29 bits per heavy atom. The number of amides is 1. The van der Waals surface area contributed by atoms with Crippen LogP contribution in [0.1, 0.15) is 79.0 Å². The second-order valence-electron chi connectivity index (χ2n) is 11.6. The van der Waals surface area contributed by atoms with Gasteiger partial charge in [-0.15, -0.1) is 0 Å². The number of hydrogen-bond acceptors (Lipinski definition) is 4. The molecule has 4 aromatic rings. The fraction of sp³-hybridized carbons (Fsp3) is 0.353. The minimum Gasteiger partial charge on any atom is -0.477 e. The van der Waals surface area contributed by atoms with Gasteiger partial charge in [0.2, 0.25) is 0 Å². The summed E-state index contributed by atoms with van der Waals surface area (Å²) in [5.74, 6) is -0.153. The van der Waals surface area contributed by atoms with Gasteiger partial charge in [0.05, 0.1) is 18.2 Å². The second kappa shape index (κ2) is 12.0. The summed E-state index contributed by atoms with van der Waals surface area (Å²) >= 11 is 6.35. The molecule has 2 atom stereocenters. The predicted molar refractivity (Wildman–Crippen MR) is 165 cm³/mol. The predicted octanol–water partition coefficient (Wildman–Crippen LogP) is 7.69. The van der Waals surface area contributed by atoms with Crippen LogP contribution in [0.2, 0.25) is 5.02 Å². The number of halogens is 1. The maximum atomic E-state index is 13.2. The van der Waals surface area contributed by atoms with E-state index in [1.807, 2.05) is 37.3 Å². The van der Waals surface area contributed by atoms with Crippen LogP contribution in [0.3, 0.4) is 0 Å². The third kappa shape index (κ3) is 6.59. The number of aromatic nitrogens is 1. The first-order valence-corrected chi connectivity index (χ1v) is 14.2. The number of rotatable bonds is 8. The number of benzene rings is 3. The molecule has 0 saturated carbocycles. The van der Waals surface area contributed by atoms with Crippen molar-refractivity contribution >= 4 is 34.4 Å². The molecule has 0 saturated heterocycles. The number of carbonyl (C=O) groups is 2. The summed E-state index contributed by atoms with van der Waals surface area (Å²) in [6.07, 6.45) is -0.778. The quantitative estimate of drug-likeness (QED) is 0.219. The van der Waals surface area contributed by atoms with Crippen LogP contribution in [-0.4, -0.2) is 29.7 Å². The Bertz CT molecular complexity index is 1580. The van der Waals surface area contributed by atoms with Crippen molar-refractivity contribution in [3.05, 3.63) is 99.2 Å². The van der Waals surface area contributed by atoms with Crippen molar-refractivity contribution in [3.63, 3.8) is 0 Å². The maximum Gasteiger partial charge on any atom is 0.346 e. The number of ether oxygens (including phenoxy) is 2. The van der Waals surface area contributed by atoms with Gasteiger partial charge < -0.3 is 19.4 Å². The highest BCUT2D eigenvalue weighted by atomic mass is 35.5. The van der Waals surface area contributed by atoms with E-state index in [1.165, 1.54) is 12.7 Å². The standard InChI is InChI=1S/C34H39ClN2O4/c1-20-22(3)37(19-24-9-15-29(35)31(17-24)41-23(4)33(39)40-8)30-16-12-26(18-28(20)30)32(38)36-21(2)25-10-13-27(14-11-25)34(5,6)7/h9-18,21,23H,19H2,1-8H3,(H,36,38)/t21-,23?/m0/s1. The van der Waals surface area contributed by atoms with Gasteiger partial charge >= 0.3 is 5.97 Å². The summed E-state index contributed by atoms with van der Waals surface area (Å²) in [5, 5.41) is 4.60. The molecule has 6 nitrogen and oxygen atoms in total. The molecular weight excluding hydrogens is 536 g/mol. The number of fused-ring (bicyclic) bond motifs is 1. The van der Waals surface area contributed by atoms with Gasteiger partial charge in [-0.1, -0.05) is 62.7 Å². The van der Waals surface area contributed by atoms with Crippen molar-refractivity contribution in [3.8, 4) is 5.75 Å². The fourth-order valence-corrected chi connectivity index (χ4v) is 5.12. The van der Waals surface area contributed by atoms with Gasteiger partial charge in [0.15, 0.2) is 6.10 Å². The average molecular weight is 575 g/mol. The fourth-order valence-electron chi connectivity index (χ4n) is 4.95. The molecule has 0 aliphatic heterocycles. The van der Waals surface area contributed by atoms with Gasteiger partial charge in [-0.05, 0) is 85.7 Å². The van der Waals surface area contributed by atoms with Crippen molar-refractivity contribution < 1.29 is 19.1 Å². The Balaban J connectivity index is 1.55. The summed E-state index contributed by atoms with van der Waals surface area (Å²) < 4.78 is 12.7. The number of esters is 1. The monoisotopic (exact) mass is 574 g/mol. The van der Waals surface area contributed by atoms with Crippen molar-refractivity contribution in [1.29, 1.82) is 0 Å². The van der Waals surface area contributed by atoms with Crippen molar-refractivity contribution in [2.45, 2.75) is 72.6 Å². The number of nitrogens with zero attached hydrogens (tertiary/aromatic N) is 1. The molecule has 216 valence electrons. The molecule has 1 aromatic heterocycles. The van der Waals surface area contributed by atoms with E-state index in [4.69, 9.17) is 21.1 Å². The molecule has 4 rings (SSSR count). The average Bonchev–Trinajstić information content (AvgIpc) is 3.17. The Morgan fingerprint density at radius 2 is 1.66 bits per heavy atom. The van der Waals surface area contributed by atoms with Crippen LogP contribution in [0.15, 0.2) is 60.7 Å². The zero-order valence-electron chi connectivity index (χ0n) is 25.1. The van der Waals surface area contributed by atoms with E-state index in [0.29, 0.717) is 22.9 Å². The van der Waals surface area contributed by atoms with E-state index >= 15 is 0 Å². The lowest BCUT2D eigenvalue weighted by Gasteiger charge is -2.21. The summed E-state index contributed by atoms with van der Waals surface area (Å²) in [6, 6.07) is 19.7. The zero-order valence-corrected chi connectivity index (χ0v) is 25.8. The lowest BCUT2D eigenvalue weighted by Crippen LogP contribution is -2.26. The second-order valence-corrected chi connectivity index (χ2v) is 12.1. The molecule has 0 radical (unpaired) electrons. The molecule has 1 N–H and O–H groups in total. The van der Waals surface area contributed by atoms with E-state index in [0.717, 1.165) is 33.3 Å². The van der Waals surface area contributed by atoms with Crippen LogP contribution in [0.4, 0.5) is 0 Å². The Morgan fingerprint density at radius 1 is 0.976 bits per heavy atom. The summed E-state index contributed by atoms with van der Waals surface area (Å²) in [5.41, 5.74) is 7.25. The first-order valence-electron chi connectivity index (χ1n) is 13.8. The molecule has 7 heteroatoms.